The Labute approximate surface area is 163 Å². The summed E-state index contributed by atoms with van der Waals surface area (Å²) in [6.45, 7) is 1.68. The molecular formula is C23H21NO4. The molecule has 0 spiro atoms. The first-order chi connectivity index (χ1) is 13.6. The fraction of sp³-hybridized carbons (Fsp3) is 0.130. The monoisotopic (exact) mass is 375 g/mol. The van der Waals surface area contributed by atoms with E-state index < -0.39 is 12.1 Å². The number of hydrogen-bond acceptors (Lipinski definition) is 4. The van der Waals surface area contributed by atoms with Crippen molar-refractivity contribution < 1.29 is 19.1 Å². The van der Waals surface area contributed by atoms with Crippen molar-refractivity contribution in [3.8, 4) is 16.9 Å². The SMILES string of the molecule is COC(=O)c1ccc(NC(=O)C(C)Oc2ccc(-c3ccccc3)cc2)cc1. The lowest BCUT2D eigenvalue weighted by molar-refractivity contribution is -0.122. The van der Waals surface area contributed by atoms with E-state index in [0.29, 0.717) is 17.0 Å². The molecule has 0 heterocycles. The Morgan fingerprint density at radius 2 is 1.43 bits per heavy atom. The highest BCUT2D eigenvalue weighted by Gasteiger charge is 2.15. The molecule has 0 aliphatic carbocycles. The van der Waals surface area contributed by atoms with E-state index in [2.05, 4.69) is 10.1 Å². The predicted octanol–water partition coefficient (Wildman–Crippen LogP) is 4.55. The molecule has 0 aromatic heterocycles. The number of benzene rings is 3. The number of ether oxygens (including phenoxy) is 2. The highest BCUT2D eigenvalue weighted by atomic mass is 16.5. The lowest BCUT2D eigenvalue weighted by atomic mass is 10.1. The highest BCUT2D eigenvalue weighted by molar-refractivity contribution is 5.95. The molecule has 3 aromatic carbocycles. The minimum atomic E-state index is -0.678. The van der Waals surface area contributed by atoms with Crippen molar-refractivity contribution in [3.63, 3.8) is 0 Å². The van der Waals surface area contributed by atoms with Crippen molar-refractivity contribution in [2.45, 2.75) is 13.0 Å². The molecular weight excluding hydrogens is 354 g/mol. The molecule has 1 N–H and O–H groups in total. The summed E-state index contributed by atoms with van der Waals surface area (Å²) in [4.78, 5) is 23.8. The van der Waals surface area contributed by atoms with Gasteiger partial charge in [-0.15, -0.1) is 0 Å². The maximum Gasteiger partial charge on any atom is 0.337 e. The summed E-state index contributed by atoms with van der Waals surface area (Å²) < 4.78 is 10.4. The standard InChI is InChI=1S/C23H21NO4/c1-16(22(25)24-20-12-8-19(9-13-20)23(26)27-2)28-21-14-10-18(11-15-21)17-6-4-3-5-7-17/h3-16H,1-2H3,(H,24,25). The number of methoxy groups -OCH3 is 1. The van der Waals surface area contributed by atoms with E-state index in [4.69, 9.17) is 4.74 Å². The first-order valence-electron chi connectivity index (χ1n) is 8.88. The summed E-state index contributed by atoms with van der Waals surface area (Å²) >= 11 is 0. The van der Waals surface area contributed by atoms with Crippen molar-refractivity contribution in [3.05, 3.63) is 84.4 Å². The summed E-state index contributed by atoms with van der Waals surface area (Å²) in [5.41, 5.74) is 3.20. The maximum absolute atomic E-state index is 12.4. The second-order valence-electron chi connectivity index (χ2n) is 6.21. The molecule has 5 heteroatoms. The molecule has 1 amide bonds. The molecule has 1 unspecified atom stereocenters. The largest absolute Gasteiger partial charge is 0.481 e. The molecule has 0 saturated heterocycles. The third-order valence-corrected chi connectivity index (χ3v) is 4.22. The predicted molar refractivity (Wildman–Crippen MR) is 108 cm³/mol. The van der Waals surface area contributed by atoms with Gasteiger partial charge in [0.25, 0.3) is 5.91 Å². The van der Waals surface area contributed by atoms with Crippen LogP contribution in [0.3, 0.4) is 0 Å². The van der Waals surface area contributed by atoms with Gasteiger partial charge in [-0.25, -0.2) is 4.79 Å². The Morgan fingerprint density at radius 3 is 2.04 bits per heavy atom. The van der Waals surface area contributed by atoms with E-state index in [1.165, 1.54) is 7.11 Å². The number of amides is 1. The van der Waals surface area contributed by atoms with Gasteiger partial charge in [-0.05, 0) is 54.4 Å². The van der Waals surface area contributed by atoms with Crippen LogP contribution in [0.4, 0.5) is 5.69 Å². The summed E-state index contributed by atoms with van der Waals surface area (Å²) in [6, 6.07) is 24.1. The summed E-state index contributed by atoms with van der Waals surface area (Å²) in [7, 11) is 1.32. The van der Waals surface area contributed by atoms with Crippen LogP contribution < -0.4 is 10.1 Å². The first-order valence-corrected chi connectivity index (χ1v) is 8.88. The molecule has 1 atom stereocenters. The number of carbonyl (C=O) groups is 2. The zero-order valence-corrected chi connectivity index (χ0v) is 15.7. The van der Waals surface area contributed by atoms with Gasteiger partial charge in [-0.3, -0.25) is 4.79 Å². The molecule has 3 aromatic rings. The van der Waals surface area contributed by atoms with Gasteiger partial charge in [-0.1, -0.05) is 42.5 Å². The Bertz CT molecular complexity index is 935. The van der Waals surface area contributed by atoms with E-state index in [-0.39, 0.29) is 5.91 Å². The summed E-state index contributed by atoms with van der Waals surface area (Å²) in [5, 5.41) is 2.77. The maximum atomic E-state index is 12.4. The molecule has 5 nitrogen and oxygen atoms in total. The van der Waals surface area contributed by atoms with Crippen LogP contribution in [-0.4, -0.2) is 25.1 Å². The van der Waals surface area contributed by atoms with Gasteiger partial charge in [0.15, 0.2) is 6.10 Å². The van der Waals surface area contributed by atoms with Gasteiger partial charge in [0.05, 0.1) is 12.7 Å². The number of nitrogens with one attached hydrogen (secondary N) is 1. The van der Waals surface area contributed by atoms with E-state index in [0.717, 1.165) is 11.1 Å². The van der Waals surface area contributed by atoms with Gasteiger partial charge in [0, 0.05) is 5.69 Å². The molecule has 28 heavy (non-hydrogen) atoms. The zero-order valence-electron chi connectivity index (χ0n) is 15.7. The third kappa shape index (κ3) is 4.76. The topological polar surface area (TPSA) is 64.6 Å². The van der Waals surface area contributed by atoms with Gasteiger partial charge >= 0.3 is 5.97 Å². The average Bonchev–Trinajstić information content (AvgIpc) is 2.75. The molecule has 0 fully saturated rings. The Kier molecular flexibility index (Phi) is 6.07. The van der Waals surface area contributed by atoms with Crippen LogP contribution in [0, 0.1) is 0 Å². The number of rotatable bonds is 6. The van der Waals surface area contributed by atoms with E-state index in [1.54, 1.807) is 31.2 Å². The van der Waals surface area contributed by atoms with Crippen molar-refractivity contribution in [2.24, 2.45) is 0 Å². The number of carbonyl (C=O) groups excluding carboxylic acids is 2. The number of anilines is 1. The molecule has 142 valence electrons. The lowest BCUT2D eigenvalue weighted by Gasteiger charge is -2.15. The molecule has 0 aliphatic rings. The average molecular weight is 375 g/mol. The highest BCUT2D eigenvalue weighted by Crippen LogP contribution is 2.23. The molecule has 3 rings (SSSR count). The Hall–Kier alpha value is -3.60. The van der Waals surface area contributed by atoms with Gasteiger partial charge < -0.3 is 14.8 Å². The van der Waals surface area contributed by atoms with Crippen LogP contribution >= 0.6 is 0 Å². The van der Waals surface area contributed by atoms with Crippen LogP contribution in [0.5, 0.6) is 5.75 Å². The van der Waals surface area contributed by atoms with Gasteiger partial charge in [-0.2, -0.15) is 0 Å². The Balaban J connectivity index is 1.59. The second kappa shape index (κ2) is 8.86. The van der Waals surface area contributed by atoms with E-state index in [9.17, 15) is 9.59 Å². The summed E-state index contributed by atoms with van der Waals surface area (Å²) in [5.74, 6) is -0.0881. The van der Waals surface area contributed by atoms with E-state index in [1.807, 2.05) is 54.6 Å². The lowest BCUT2D eigenvalue weighted by Crippen LogP contribution is -2.30. The van der Waals surface area contributed by atoms with Gasteiger partial charge in [0.2, 0.25) is 0 Å². The normalized spacial score (nSPS) is 11.4. The van der Waals surface area contributed by atoms with Crippen molar-refractivity contribution in [1.29, 1.82) is 0 Å². The van der Waals surface area contributed by atoms with Crippen LogP contribution in [0.2, 0.25) is 0 Å². The van der Waals surface area contributed by atoms with Crippen LogP contribution in [0.15, 0.2) is 78.9 Å². The molecule has 0 aliphatic heterocycles. The number of esters is 1. The molecule has 0 radical (unpaired) electrons. The minimum Gasteiger partial charge on any atom is -0.481 e. The van der Waals surface area contributed by atoms with Crippen LogP contribution in [-0.2, 0) is 9.53 Å². The van der Waals surface area contributed by atoms with Crippen molar-refractivity contribution >= 4 is 17.6 Å². The molecule has 0 saturated carbocycles. The Morgan fingerprint density at radius 1 is 0.821 bits per heavy atom. The quantitative estimate of drug-likeness (QED) is 0.642. The fourth-order valence-electron chi connectivity index (χ4n) is 2.67. The fourth-order valence-corrected chi connectivity index (χ4v) is 2.67. The third-order valence-electron chi connectivity index (χ3n) is 4.22. The summed E-state index contributed by atoms with van der Waals surface area (Å²) in [6.07, 6.45) is -0.678. The number of hydrogen-bond donors (Lipinski definition) is 1. The van der Waals surface area contributed by atoms with E-state index >= 15 is 0 Å². The minimum absolute atomic E-state index is 0.280. The van der Waals surface area contributed by atoms with Crippen molar-refractivity contribution in [2.75, 3.05) is 12.4 Å². The first kappa shape index (κ1) is 19.2. The smallest absolute Gasteiger partial charge is 0.337 e. The zero-order chi connectivity index (χ0) is 19.9. The van der Waals surface area contributed by atoms with Crippen LogP contribution in [0.1, 0.15) is 17.3 Å². The van der Waals surface area contributed by atoms with Crippen molar-refractivity contribution in [1.82, 2.24) is 0 Å². The molecule has 0 bridgehead atoms. The van der Waals surface area contributed by atoms with Crippen LogP contribution in [0.25, 0.3) is 11.1 Å². The van der Waals surface area contributed by atoms with Gasteiger partial charge in [0.1, 0.15) is 5.75 Å². The second-order valence-corrected chi connectivity index (χ2v) is 6.21.